The summed E-state index contributed by atoms with van der Waals surface area (Å²) >= 11 is 0. The Kier molecular flexibility index (Phi) is 3.32. The number of alkyl halides is 2. The minimum Gasteiger partial charge on any atom is -0.505 e. The van der Waals surface area contributed by atoms with Gasteiger partial charge in [-0.05, 0) is 0 Å². The molecule has 0 aliphatic carbocycles. The summed E-state index contributed by atoms with van der Waals surface area (Å²) in [6.45, 7) is -0.513. The maximum atomic E-state index is 12.3. The summed E-state index contributed by atoms with van der Waals surface area (Å²) in [6.07, 6.45) is -1.77. The van der Waals surface area contributed by atoms with Crippen LogP contribution in [-0.4, -0.2) is 15.2 Å². The van der Waals surface area contributed by atoms with E-state index in [1.807, 2.05) is 0 Å². The van der Waals surface area contributed by atoms with Gasteiger partial charge in [-0.1, -0.05) is 0 Å². The van der Waals surface area contributed by atoms with Gasteiger partial charge in [-0.2, -0.15) is 0 Å². The third kappa shape index (κ3) is 1.80. The van der Waals surface area contributed by atoms with Crippen molar-refractivity contribution in [1.82, 2.24) is 4.98 Å². The highest BCUT2D eigenvalue weighted by molar-refractivity contribution is 5.41. The van der Waals surface area contributed by atoms with Crippen LogP contribution in [0.3, 0.4) is 0 Å². The first-order valence-electron chi connectivity index (χ1n) is 3.90. The molecule has 14 heavy (non-hydrogen) atoms. The number of pyridine rings is 1. The number of aliphatic hydroxyl groups is 1. The predicted octanol–water partition coefficient (Wildman–Crippen LogP) is 0.676. The maximum absolute atomic E-state index is 12.3. The van der Waals surface area contributed by atoms with Gasteiger partial charge in [0.25, 0.3) is 6.43 Å². The summed E-state index contributed by atoms with van der Waals surface area (Å²) in [5.41, 5.74) is 4.91. The second-order valence-corrected chi connectivity index (χ2v) is 2.66. The van der Waals surface area contributed by atoms with Gasteiger partial charge in [-0.25, -0.2) is 8.78 Å². The smallest absolute Gasteiger partial charge is 0.284 e. The molecule has 0 aromatic carbocycles. The minimum atomic E-state index is -2.85. The van der Waals surface area contributed by atoms with Gasteiger partial charge in [0.15, 0.2) is 0 Å². The highest BCUT2D eigenvalue weighted by atomic mass is 19.3. The van der Waals surface area contributed by atoms with Crippen molar-refractivity contribution in [2.24, 2.45) is 5.73 Å². The molecule has 1 aromatic rings. The van der Waals surface area contributed by atoms with E-state index >= 15 is 0 Å². The van der Waals surface area contributed by atoms with E-state index in [4.69, 9.17) is 10.8 Å². The van der Waals surface area contributed by atoms with Crippen LogP contribution in [0.1, 0.15) is 23.2 Å². The van der Waals surface area contributed by atoms with Crippen LogP contribution in [0, 0.1) is 0 Å². The summed E-state index contributed by atoms with van der Waals surface area (Å²) in [6, 6.07) is 0. The van der Waals surface area contributed by atoms with Crippen molar-refractivity contribution in [2.45, 2.75) is 19.6 Å². The first-order valence-corrected chi connectivity index (χ1v) is 3.90. The molecule has 6 heteroatoms. The molecule has 1 heterocycles. The molecule has 0 atom stereocenters. The van der Waals surface area contributed by atoms with Crippen LogP contribution < -0.4 is 5.73 Å². The molecule has 0 saturated heterocycles. The molecule has 0 amide bonds. The topological polar surface area (TPSA) is 79.4 Å². The second kappa shape index (κ2) is 4.30. The molecule has 0 unspecified atom stereocenters. The molecule has 0 aliphatic heterocycles. The van der Waals surface area contributed by atoms with Gasteiger partial charge in [0.05, 0.1) is 6.61 Å². The Bertz CT molecular complexity index is 331. The molecular formula is C8H10F2N2O2. The number of aliphatic hydroxyl groups excluding tert-OH is 1. The molecule has 0 saturated carbocycles. The van der Waals surface area contributed by atoms with Crippen LogP contribution in [-0.2, 0) is 13.2 Å². The molecule has 4 nitrogen and oxygen atoms in total. The number of nitrogens with two attached hydrogens (primary N) is 1. The molecule has 0 radical (unpaired) electrons. The average Bonchev–Trinajstić information content (AvgIpc) is 2.16. The van der Waals surface area contributed by atoms with Crippen LogP contribution in [0.4, 0.5) is 8.78 Å². The van der Waals surface area contributed by atoms with Crippen molar-refractivity contribution in [3.8, 4) is 5.75 Å². The molecule has 0 aliphatic rings. The normalized spacial score (nSPS) is 10.9. The van der Waals surface area contributed by atoms with Crippen molar-refractivity contribution >= 4 is 0 Å². The van der Waals surface area contributed by atoms with Crippen LogP contribution in [0.2, 0.25) is 0 Å². The second-order valence-electron chi connectivity index (χ2n) is 2.66. The number of hydrogen-bond acceptors (Lipinski definition) is 4. The first kappa shape index (κ1) is 10.8. The summed E-state index contributed by atoms with van der Waals surface area (Å²) in [4.78, 5) is 3.34. The van der Waals surface area contributed by atoms with E-state index < -0.39 is 24.5 Å². The molecule has 1 rings (SSSR count). The molecule has 0 spiro atoms. The number of hydrogen-bond donors (Lipinski definition) is 3. The first-order chi connectivity index (χ1) is 6.61. The van der Waals surface area contributed by atoms with Gasteiger partial charge in [0.2, 0.25) is 0 Å². The lowest BCUT2D eigenvalue weighted by Gasteiger charge is -2.10. The number of aromatic hydroxyl groups is 1. The zero-order valence-corrected chi connectivity index (χ0v) is 7.24. The molecule has 1 aromatic heterocycles. The van der Waals surface area contributed by atoms with Gasteiger partial charge in [-0.3, -0.25) is 4.98 Å². The van der Waals surface area contributed by atoms with Gasteiger partial charge in [-0.15, -0.1) is 0 Å². The van der Waals surface area contributed by atoms with Gasteiger partial charge in [0, 0.05) is 23.9 Å². The van der Waals surface area contributed by atoms with Crippen LogP contribution in [0.5, 0.6) is 5.75 Å². The standard InChI is InChI=1S/C8H10F2N2O2/c9-8(10)6-7(14)5(1-11)4(3-13)2-12-6/h2,8,13-14H,1,3,11H2. The third-order valence-corrected chi connectivity index (χ3v) is 1.86. The van der Waals surface area contributed by atoms with Crippen molar-refractivity contribution in [3.05, 3.63) is 23.0 Å². The highest BCUT2D eigenvalue weighted by Crippen LogP contribution is 2.30. The minimum absolute atomic E-state index is 0.109. The van der Waals surface area contributed by atoms with E-state index in [-0.39, 0.29) is 17.7 Å². The van der Waals surface area contributed by atoms with Crippen LogP contribution in [0.15, 0.2) is 6.20 Å². The Balaban J connectivity index is 3.27. The lowest BCUT2D eigenvalue weighted by atomic mass is 10.1. The maximum Gasteiger partial charge on any atom is 0.284 e. The highest BCUT2D eigenvalue weighted by Gasteiger charge is 2.19. The van der Waals surface area contributed by atoms with Gasteiger partial charge < -0.3 is 15.9 Å². The molecule has 78 valence electrons. The summed E-state index contributed by atoms with van der Waals surface area (Å²) in [5.74, 6) is -0.631. The summed E-state index contributed by atoms with van der Waals surface area (Å²) in [7, 11) is 0. The zero-order valence-electron chi connectivity index (χ0n) is 7.24. The van der Waals surface area contributed by atoms with Crippen molar-refractivity contribution in [2.75, 3.05) is 0 Å². The van der Waals surface area contributed by atoms with E-state index in [2.05, 4.69) is 4.98 Å². The van der Waals surface area contributed by atoms with Crippen molar-refractivity contribution < 1.29 is 19.0 Å². The van der Waals surface area contributed by atoms with E-state index in [1.165, 1.54) is 0 Å². The quantitative estimate of drug-likeness (QED) is 0.676. The monoisotopic (exact) mass is 204 g/mol. The number of aromatic nitrogens is 1. The SMILES string of the molecule is NCc1c(CO)cnc(C(F)F)c1O. The van der Waals surface area contributed by atoms with E-state index in [0.29, 0.717) is 0 Å². The van der Waals surface area contributed by atoms with Crippen molar-refractivity contribution in [3.63, 3.8) is 0 Å². The lowest BCUT2D eigenvalue weighted by Crippen LogP contribution is -2.06. The molecule has 0 bridgehead atoms. The van der Waals surface area contributed by atoms with Gasteiger partial charge in [0.1, 0.15) is 11.4 Å². The summed E-state index contributed by atoms with van der Waals surface area (Å²) < 4.78 is 24.5. The number of nitrogens with zero attached hydrogens (tertiary/aromatic N) is 1. The predicted molar refractivity (Wildman–Crippen MR) is 44.7 cm³/mol. The third-order valence-electron chi connectivity index (χ3n) is 1.86. The number of rotatable bonds is 3. The number of halogens is 2. The fraction of sp³-hybridized carbons (Fsp3) is 0.375. The molecular weight excluding hydrogens is 194 g/mol. The van der Waals surface area contributed by atoms with Crippen LogP contribution in [0.25, 0.3) is 0 Å². The Morgan fingerprint density at radius 2 is 2.14 bits per heavy atom. The lowest BCUT2D eigenvalue weighted by molar-refractivity contribution is 0.141. The molecule has 0 fully saturated rings. The Hall–Kier alpha value is -1.27. The van der Waals surface area contributed by atoms with E-state index in [0.717, 1.165) is 6.20 Å². The Morgan fingerprint density at radius 1 is 1.50 bits per heavy atom. The van der Waals surface area contributed by atoms with Gasteiger partial charge >= 0.3 is 0 Å². The summed E-state index contributed by atoms with van der Waals surface area (Å²) in [5, 5.41) is 18.1. The Morgan fingerprint density at radius 3 is 2.57 bits per heavy atom. The van der Waals surface area contributed by atoms with Crippen LogP contribution >= 0.6 is 0 Å². The van der Waals surface area contributed by atoms with E-state index in [1.54, 1.807) is 0 Å². The fourth-order valence-electron chi connectivity index (χ4n) is 1.12. The van der Waals surface area contributed by atoms with E-state index in [9.17, 15) is 13.9 Å². The zero-order chi connectivity index (χ0) is 10.7. The largest absolute Gasteiger partial charge is 0.505 e. The molecule has 4 N–H and O–H groups in total. The fourth-order valence-corrected chi connectivity index (χ4v) is 1.12. The van der Waals surface area contributed by atoms with Crippen molar-refractivity contribution in [1.29, 1.82) is 0 Å². The average molecular weight is 204 g/mol. The Labute approximate surface area is 79.0 Å².